The maximum atomic E-state index is 12.5. The first-order valence-corrected chi connectivity index (χ1v) is 10.8. The van der Waals surface area contributed by atoms with Crippen LogP contribution in [0.3, 0.4) is 0 Å². The molecule has 0 saturated heterocycles. The van der Waals surface area contributed by atoms with Crippen LogP contribution >= 0.6 is 0 Å². The number of carbonyl (C=O) groups is 2. The van der Waals surface area contributed by atoms with Gasteiger partial charge >= 0.3 is 5.97 Å². The normalized spacial score (nSPS) is 10.4. The first kappa shape index (κ1) is 25.0. The molecule has 0 aliphatic heterocycles. The van der Waals surface area contributed by atoms with Crippen LogP contribution in [-0.4, -0.2) is 32.7 Å². The molecule has 2 rings (SSSR count). The van der Waals surface area contributed by atoms with E-state index in [1.165, 1.54) is 13.8 Å². The van der Waals surface area contributed by atoms with Crippen molar-refractivity contribution in [3.63, 3.8) is 0 Å². The molecule has 0 fully saturated rings. The van der Waals surface area contributed by atoms with Crippen LogP contribution in [-0.2, 0) is 27.5 Å². The van der Waals surface area contributed by atoms with Crippen LogP contribution < -0.4 is 19.1 Å². The van der Waals surface area contributed by atoms with Gasteiger partial charge in [-0.15, -0.1) is 0 Å². The molecule has 0 heterocycles. The van der Waals surface area contributed by atoms with Crippen molar-refractivity contribution >= 4 is 17.6 Å². The van der Waals surface area contributed by atoms with Crippen LogP contribution in [0.2, 0.25) is 0 Å². The fraction of sp³-hybridized carbons (Fsp3) is 0.440. The van der Waals surface area contributed by atoms with E-state index in [0.29, 0.717) is 36.1 Å². The van der Waals surface area contributed by atoms with Crippen molar-refractivity contribution in [2.45, 2.75) is 53.2 Å². The van der Waals surface area contributed by atoms with E-state index >= 15 is 0 Å². The van der Waals surface area contributed by atoms with Gasteiger partial charge in [0.1, 0.15) is 6.61 Å². The highest BCUT2D eigenvalue weighted by Crippen LogP contribution is 2.39. The van der Waals surface area contributed by atoms with Gasteiger partial charge in [0.05, 0.1) is 27.4 Å². The number of carbonyl (C=O) groups excluding carboxylic acids is 2. The Morgan fingerprint density at radius 3 is 2.19 bits per heavy atom. The number of amides is 1. The number of hydrogen-bond acceptors (Lipinski definition) is 6. The molecule has 2 aromatic carbocycles. The number of esters is 1. The van der Waals surface area contributed by atoms with Gasteiger partial charge in [-0.05, 0) is 41.8 Å². The highest BCUT2D eigenvalue weighted by atomic mass is 16.5. The van der Waals surface area contributed by atoms with Crippen molar-refractivity contribution in [3.05, 3.63) is 47.5 Å². The van der Waals surface area contributed by atoms with Gasteiger partial charge in [0.25, 0.3) is 0 Å². The predicted molar refractivity (Wildman–Crippen MR) is 123 cm³/mol. The van der Waals surface area contributed by atoms with Gasteiger partial charge in [-0.2, -0.15) is 0 Å². The first-order chi connectivity index (χ1) is 15.4. The Labute approximate surface area is 190 Å². The monoisotopic (exact) mass is 443 g/mol. The van der Waals surface area contributed by atoms with Gasteiger partial charge in [0, 0.05) is 19.5 Å². The largest absolute Gasteiger partial charge is 0.493 e. The molecule has 0 unspecified atom stereocenters. The minimum Gasteiger partial charge on any atom is -0.493 e. The number of nitrogens with zero attached hydrogens (tertiary/aromatic N) is 1. The van der Waals surface area contributed by atoms with E-state index in [0.717, 1.165) is 30.4 Å². The van der Waals surface area contributed by atoms with Crippen LogP contribution in [0.5, 0.6) is 17.2 Å². The number of rotatable bonds is 12. The molecule has 0 atom stereocenters. The standard InChI is InChI=1S/C25H33NO6/c1-6-7-8-12-31-25-23(29-4)14-21(15-24(25)30-5)16-26(18(2)27)22-11-9-10-20(13-22)17-32-19(3)28/h9-11,13-15H,6-8,12,16-17H2,1-5H3. The molecule has 32 heavy (non-hydrogen) atoms. The third-order valence-electron chi connectivity index (χ3n) is 4.90. The lowest BCUT2D eigenvalue weighted by Crippen LogP contribution is -2.28. The quantitative estimate of drug-likeness (QED) is 0.344. The molecule has 0 aromatic heterocycles. The summed E-state index contributed by atoms with van der Waals surface area (Å²) in [4.78, 5) is 25.2. The van der Waals surface area contributed by atoms with Crippen LogP contribution in [0.1, 0.15) is 51.2 Å². The summed E-state index contributed by atoms with van der Waals surface area (Å²) >= 11 is 0. The van der Waals surface area contributed by atoms with E-state index in [1.807, 2.05) is 36.4 Å². The van der Waals surface area contributed by atoms with Gasteiger partial charge < -0.3 is 23.8 Å². The Kier molecular flexibility index (Phi) is 9.85. The smallest absolute Gasteiger partial charge is 0.302 e. The van der Waals surface area contributed by atoms with Crippen LogP contribution in [0.4, 0.5) is 5.69 Å². The molecule has 0 N–H and O–H groups in total. The molecular formula is C25H33NO6. The Hall–Kier alpha value is -3.22. The highest BCUT2D eigenvalue weighted by Gasteiger charge is 2.18. The number of anilines is 1. The van der Waals surface area contributed by atoms with Crippen molar-refractivity contribution in [3.8, 4) is 17.2 Å². The maximum absolute atomic E-state index is 12.5. The zero-order chi connectivity index (χ0) is 23.5. The number of unbranched alkanes of at least 4 members (excludes halogenated alkanes) is 2. The maximum Gasteiger partial charge on any atom is 0.302 e. The van der Waals surface area contributed by atoms with Crippen molar-refractivity contribution in [2.24, 2.45) is 0 Å². The summed E-state index contributed by atoms with van der Waals surface area (Å²) in [5, 5.41) is 0. The van der Waals surface area contributed by atoms with E-state index in [4.69, 9.17) is 18.9 Å². The Balaban J connectivity index is 2.28. The van der Waals surface area contributed by atoms with E-state index < -0.39 is 0 Å². The summed E-state index contributed by atoms with van der Waals surface area (Å²) in [5.41, 5.74) is 2.34. The molecule has 174 valence electrons. The molecule has 7 heteroatoms. The summed E-state index contributed by atoms with van der Waals surface area (Å²) in [5.74, 6) is 1.21. The van der Waals surface area contributed by atoms with Gasteiger partial charge in [0.2, 0.25) is 11.7 Å². The van der Waals surface area contributed by atoms with Gasteiger partial charge in [-0.1, -0.05) is 31.9 Å². The van der Waals surface area contributed by atoms with Crippen molar-refractivity contribution in [2.75, 3.05) is 25.7 Å². The minimum atomic E-state index is -0.352. The van der Waals surface area contributed by atoms with Crippen molar-refractivity contribution < 1.29 is 28.5 Å². The van der Waals surface area contributed by atoms with Gasteiger partial charge in [0.15, 0.2) is 11.5 Å². The first-order valence-electron chi connectivity index (χ1n) is 10.8. The SMILES string of the molecule is CCCCCOc1c(OC)cc(CN(C(C)=O)c2cccc(COC(C)=O)c2)cc1OC. The average Bonchev–Trinajstić information content (AvgIpc) is 2.78. The molecule has 1 amide bonds. The molecule has 2 aromatic rings. The molecule has 0 spiro atoms. The number of hydrogen-bond donors (Lipinski definition) is 0. The third kappa shape index (κ3) is 7.18. The van der Waals surface area contributed by atoms with Crippen LogP contribution in [0.25, 0.3) is 0 Å². The average molecular weight is 444 g/mol. The summed E-state index contributed by atoms with van der Waals surface area (Å²) in [6.07, 6.45) is 3.15. The van der Waals surface area contributed by atoms with Crippen molar-refractivity contribution in [1.29, 1.82) is 0 Å². The zero-order valence-electron chi connectivity index (χ0n) is 19.6. The summed E-state index contributed by atoms with van der Waals surface area (Å²) in [7, 11) is 3.16. The fourth-order valence-corrected chi connectivity index (χ4v) is 3.26. The molecule has 0 bridgehead atoms. The van der Waals surface area contributed by atoms with E-state index in [-0.39, 0.29) is 18.5 Å². The van der Waals surface area contributed by atoms with E-state index in [1.54, 1.807) is 19.1 Å². The van der Waals surface area contributed by atoms with Crippen LogP contribution in [0.15, 0.2) is 36.4 Å². The second-order valence-electron chi connectivity index (χ2n) is 7.44. The lowest BCUT2D eigenvalue weighted by atomic mass is 10.1. The Morgan fingerprint density at radius 2 is 1.62 bits per heavy atom. The lowest BCUT2D eigenvalue weighted by Gasteiger charge is -2.23. The van der Waals surface area contributed by atoms with Gasteiger partial charge in [-0.3, -0.25) is 9.59 Å². The molecule has 0 saturated carbocycles. The van der Waals surface area contributed by atoms with E-state index in [9.17, 15) is 9.59 Å². The number of methoxy groups -OCH3 is 2. The molecule has 0 aliphatic rings. The van der Waals surface area contributed by atoms with Crippen LogP contribution in [0, 0.1) is 0 Å². The lowest BCUT2D eigenvalue weighted by molar-refractivity contribution is -0.142. The zero-order valence-corrected chi connectivity index (χ0v) is 19.6. The number of ether oxygens (including phenoxy) is 4. The number of benzene rings is 2. The molecule has 7 nitrogen and oxygen atoms in total. The Morgan fingerprint density at radius 1 is 0.938 bits per heavy atom. The topological polar surface area (TPSA) is 74.3 Å². The summed E-state index contributed by atoms with van der Waals surface area (Å²) < 4.78 is 22.1. The third-order valence-corrected chi connectivity index (χ3v) is 4.90. The second-order valence-corrected chi connectivity index (χ2v) is 7.44. The minimum absolute atomic E-state index is 0.118. The van der Waals surface area contributed by atoms with Crippen molar-refractivity contribution in [1.82, 2.24) is 0 Å². The Bertz CT molecular complexity index is 886. The van der Waals surface area contributed by atoms with E-state index in [2.05, 4.69) is 6.92 Å². The summed E-state index contributed by atoms with van der Waals surface area (Å²) in [6.45, 7) is 6.06. The fourth-order valence-electron chi connectivity index (χ4n) is 3.26. The molecular weight excluding hydrogens is 410 g/mol. The second kappa shape index (κ2) is 12.6. The molecule has 0 aliphatic carbocycles. The highest BCUT2D eigenvalue weighted by molar-refractivity contribution is 5.91. The predicted octanol–water partition coefficient (Wildman–Crippen LogP) is 4.89. The summed E-state index contributed by atoms with van der Waals surface area (Å²) in [6, 6.07) is 11.1. The molecule has 0 radical (unpaired) electrons. The van der Waals surface area contributed by atoms with Gasteiger partial charge in [-0.25, -0.2) is 0 Å².